The largest absolute Gasteiger partial charge is 0.507 e. The van der Waals surface area contributed by atoms with Crippen molar-refractivity contribution in [1.82, 2.24) is 4.98 Å². The maximum atomic E-state index is 13.2. The van der Waals surface area contributed by atoms with Crippen LogP contribution in [-0.2, 0) is 9.59 Å². The second-order valence-corrected chi connectivity index (χ2v) is 7.61. The fourth-order valence-corrected chi connectivity index (χ4v) is 3.94. The minimum atomic E-state index is -0.925. The zero-order valence-corrected chi connectivity index (χ0v) is 18.7. The Hall–Kier alpha value is -3.84. The third-order valence-corrected chi connectivity index (χ3v) is 5.58. The number of hydrogen-bond acceptors (Lipinski definition) is 6. The fourth-order valence-electron chi connectivity index (χ4n) is 3.75. The number of carbonyl (C=O) groups excluding carboxylic acids is 2. The maximum absolute atomic E-state index is 13.2. The standard InChI is InChI=1S/C25H21ClN2O5/c1-3-33-17-10-8-16(9-11-17)28-22(19-6-4-5-13-27-19)21(24(30)25(28)31)23(29)15-7-12-18(26)20(14-15)32-2/h4-14,22,29H,3H2,1-2H3/b23-21-. The lowest BCUT2D eigenvalue weighted by molar-refractivity contribution is -0.132. The van der Waals surface area contributed by atoms with Gasteiger partial charge in [-0.3, -0.25) is 19.5 Å². The Bertz CT molecular complexity index is 1230. The third-order valence-electron chi connectivity index (χ3n) is 5.26. The second-order valence-electron chi connectivity index (χ2n) is 7.20. The molecule has 1 unspecified atom stereocenters. The van der Waals surface area contributed by atoms with Gasteiger partial charge in [-0.1, -0.05) is 17.7 Å². The summed E-state index contributed by atoms with van der Waals surface area (Å²) in [5, 5.41) is 11.5. The quantitative estimate of drug-likeness (QED) is 0.321. The highest BCUT2D eigenvalue weighted by Gasteiger charge is 2.47. The number of anilines is 1. The normalized spacial score (nSPS) is 17.3. The van der Waals surface area contributed by atoms with Crippen molar-refractivity contribution in [2.45, 2.75) is 13.0 Å². The van der Waals surface area contributed by atoms with Crippen molar-refractivity contribution >= 4 is 34.7 Å². The van der Waals surface area contributed by atoms with E-state index in [-0.39, 0.29) is 11.3 Å². The molecule has 0 spiro atoms. The molecular weight excluding hydrogens is 444 g/mol. The molecule has 1 amide bonds. The average Bonchev–Trinajstić information content (AvgIpc) is 3.10. The van der Waals surface area contributed by atoms with Gasteiger partial charge in [0.05, 0.1) is 30.0 Å². The second kappa shape index (κ2) is 9.34. The van der Waals surface area contributed by atoms with Gasteiger partial charge in [0, 0.05) is 17.4 Å². The van der Waals surface area contributed by atoms with E-state index in [2.05, 4.69) is 4.98 Å². The van der Waals surface area contributed by atoms with Gasteiger partial charge in [-0.15, -0.1) is 0 Å². The highest BCUT2D eigenvalue weighted by Crippen LogP contribution is 2.42. The highest BCUT2D eigenvalue weighted by molar-refractivity contribution is 6.51. The molecule has 3 aromatic rings. The molecular formula is C25H21ClN2O5. The van der Waals surface area contributed by atoms with Crippen molar-refractivity contribution < 1.29 is 24.2 Å². The average molecular weight is 465 g/mol. The molecule has 2 heterocycles. The Kier molecular flexibility index (Phi) is 6.33. The van der Waals surface area contributed by atoms with E-state index in [4.69, 9.17) is 21.1 Å². The van der Waals surface area contributed by atoms with Crippen LogP contribution in [0.15, 0.2) is 72.4 Å². The number of ketones is 1. The lowest BCUT2D eigenvalue weighted by Crippen LogP contribution is -2.29. The van der Waals surface area contributed by atoms with Crippen LogP contribution in [0, 0.1) is 0 Å². The molecule has 0 radical (unpaired) electrons. The molecule has 0 bridgehead atoms. The summed E-state index contributed by atoms with van der Waals surface area (Å²) in [7, 11) is 1.45. The smallest absolute Gasteiger partial charge is 0.300 e. The molecule has 4 rings (SSSR count). The van der Waals surface area contributed by atoms with Gasteiger partial charge in [-0.2, -0.15) is 0 Å². The highest BCUT2D eigenvalue weighted by atomic mass is 35.5. The number of methoxy groups -OCH3 is 1. The van der Waals surface area contributed by atoms with Crippen molar-refractivity contribution in [2.24, 2.45) is 0 Å². The molecule has 7 nitrogen and oxygen atoms in total. The zero-order chi connectivity index (χ0) is 23.5. The molecule has 1 aromatic heterocycles. The lowest BCUT2D eigenvalue weighted by atomic mass is 9.98. The van der Waals surface area contributed by atoms with Gasteiger partial charge < -0.3 is 14.6 Å². The number of rotatable bonds is 6. The van der Waals surface area contributed by atoms with Crippen molar-refractivity contribution in [3.8, 4) is 11.5 Å². The Morgan fingerprint density at radius 1 is 1.12 bits per heavy atom. The van der Waals surface area contributed by atoms with E-state index in [1.807, 2.05) is 6.92 Å². The van der Waals surface area contributed by atoms with Gasteiger partial charge >= 0.3 is 0 Å². The summed E-state index contributed by atoms with van der Waals surface area (Å²) in [4.78, 5) is 32.0. The van der Waals surface area contributed by atoms with E-state index in [1.165, 1.54) is 18.1 Å². The van der Waals surface area contributed by atoms with Gasteiger partial charge in [0.2, 0.25) is 0 Å². The number of aromatic nitrogens is 1. The Labute approximate surface area is 195 Å². The number of hydrogen-bond donors (Lipinski definition) is 1. The zero-order valence-electron chi connectivity index (χ0n) is 18.0. The lowest BCUT2D eigenvalue weighted by Gasteiger charge is -2.24. The van der Waals surface area contributed by atoms with Crippen LogP contribution in [-0.4, -0.2) is 35.5 Å². The molecule has 168 valence electrons. The maximum Gasteiger partial charge on any atom is 0.300 e. The van der Waals surface area contributed by atoms with Crippen LogP contribution in [0.4, 0.5) is 5.69 Å². The number of carbonyl (C=O) groups is 2. The molecule has 2 aromatic carbocycles. The van der Waals surface area contributed by atoms with E-state index in [9.17, 15) is 14.7 Å². The predicted molar refractivity (Wildman–Crippen MR) is 125 cm³/mol. The monoisotopic (exact) mass is 464 g/mol. The predicted octanol–water partition coefficient (Wildman–Crippen LogP) is 4.77. The Balaban J connectivity index is 1.88. The van der Waals surface area contributed by atoms with Crippen LogP contribution >= 0.6 is 11.6 Å². The van der Waals surface area contributed by atoms with E-state index >= 15 is 0 Å². The summed E-state index contributed by atoms with van der Waals surface area (Å²) >= 11 is 6.10. The molecule has 33 heavy (non-hydrogen) atoms. The number of pyridine rings is 1. The number of nitrogens with zero attached hydrogens (tertiary/aromatic N) is 2. The molecule has 1 aliphatic heterocycles. The van der Waals surface area contributed by atoms with Crippen LogP contribution in [0.5, 0.6) is 11.5 Å². The van der Waals surface area contributed by atoms with Gasteiger partial charge in [0.25, 0.3) is 11.7 Å². The van der Waals surface area contributed by atoms with E-state index in [0.29, 0.717) is 40.1 Å². The van der Waals surface area contributed by atoms with Gasteiger partial charge in [-0.05, 0) is 61.5 Å². The summed E-state index contributed by atoms with van der Waals surface area (Å²) in [5.74, 6) is -0.952. The number of amides is 1. The number of Topliss-reactive ketones (excluding diaryl/α,β-unsaturated/α-hetero) is 1. The van der Waals surface area contributed by atoms with E-state index < -0.39 is 17.7 Å². The minimum absolute atomic E-state index is 0.0723. The summed E-state index contributed by atoms with van der Waals surface area (Å²) in [5.41, 5.74) is 1.14. The van der Waals surface area contributed by atoms with Crippen molar-refractivity contribution in [3.05, 3.63) is 88.7 Å². The van der Waals surface area contributed by atoms with Crippen LogP contribution < -0.4 is 14.4 Å². The molecule has 0 aliphatic carbocycles. The number of ether oxygens (including phenoxy) is 2. The first-order valence-corrected chi connectivity index (χ1v) is 10.6. The number of halogens is 1. The van der Waals surface area contributed by atoms with Crippen LogP contribution in [0.1, 0.15) is 24.2 Å². The SMILES string of the molecule is CCOc1ccc(N2C(=O)C(=O)/C(=C(\O)c3ccc(Cl)c(OC)c3)C2c2ccccn2)cc1. The third kappa shape index (κ3) is 4.15. The molecule has 1 atom stereocenters. The number of aliphatic hydroxyl groups is 1. The topological polar surface area (TPSA) is 89.0 Å². The first kappa shape index (κ1) is 22.4. The molecule has 1 fully saturated rings. The van der Waals surface area contributed by atoms with Crippen molar-refractivity contribution in [2.75, 3.05) is 18.6 Å². The van der Waals surface area contributed by atoms with E-state index in [0.717, 1.165) is 0 Å². The van der Waals surface area contributed by atoms with Gasteiger partial charge in [0.15, 0.2) is 0 Å². The molecule has 8 heteroatoms. The fraction of sp³-hybridized carbons (Fsp3) is 0.160. The first-order chi connectivity index (χ1) is 16.0. The van der Waals surface area contributed by atoms with Crippen molar-refractivity contribution in [3.63, 3.8) is 0 Å². The van der Waals surface area contributed by atoms with Gasteiger partial charge in [0.1, 0.15) is 23.3 Å². The molecule has 0 saturated carbocycles. The van der Waals surface area contributed by atoms with Crippen molar-refractivity contribution in [1.29, 1.82) is 0 Å². The van der Waals surface area contributed by atoms with Crippen LogP contribution in [0.2, 0.25) is 5.02 Å². The summed E-state index contributed by atoms with van der Waals surface area (Å²) in [6, 6.07) is 15.7. The molecule has 1 saturated heterocycles. The molecule has 1 aliphatic rings. The summed E-state index contributed by atoms with van der Waals surface area (Å²) < 4.78 is 10.7. The van der Waals surface area contributed by atoms with Crippen LogP contribution in [0.25, 0.3) is 5.76 Å². The minimum Gasteiger partial charge on any atom is -0.507 e. The summed E-state index contributed by atoms with van der Waals surface area (Å²) in [6.07, 6.45) is 1.57. The number of benzene rings is 2. The molecule has 1 N–H and O–H groups in total. The van der Waals surface area contributed by atoms with Crippen LogP contribution in [0.3, 0.4) is 0 Å². The Morgan fingerprint density at radius 3 is 2.52 bits per heavy atom. The first-order valence-electron chi connectivity index (χ1n) is 10.2. The number of aliphatic hydroxyl groups excluding tert-OH is 1. The Morgan fingerprint density at radius 2 is 1.88 bits per heavy atom. The summed E-state index contributed by atoms with van der Waals surface area (Å²) in [6.45, 7) is 2.38. The van der Waals surface area contributed by atoms with Gasteiger partial charge in [-0.25, -0.2) is 0 Å². The van der Waals surface area contributed by atoms with E-state index in [1.54, 1.807) is 60.8 Å².